The van der Waals surface area contributed by atoms with Gasteiger partial charge < -0.3 is 4.90 Å². The minimum atomic E-state index is -0.892. The molecule has 0 radical (unpaired) electrons. The summed E-state index contributed by atoms with van der Waals surface area (Å²) >= 11 is 0. The maximum Gasteiger partial charge on any atom is 0.219 e. The lowest BCUT2D eigenvalue weighted by Crippen LogP contribution is -2.37. The Morgan fingerprint density at radius 3 is 2.62 bits per heavy atom. The van der Waals surface area contributed by atoms with Gasteiger partial charge in [0.25, 0.3) is 0 Å². The molecule has 1 saturated heterocycles. The van der Waals surface area contributed by atoms with Crippen LogP contribution in [0, 0.1) is 17.6 Å². The summed E-state index contributed by atoms with van der Waals surface area (Å²) in [6.07, 6.45) is 5.92. The molecule has 0 unspecified atom stereocenters. The van der Waals surface area contributed by atoms with Gasteiger partial charge in [-0.3, -0.25) is 9.78 Å². The van der Waals surface area contributed by atoms with Crippen LogP contribution in [-0.4, -0.2) is 33.9 Å². The number of carbonyl (C=O) groups excluding carboxylic acids is 1. The van der Waals surface area contributed by atoms with Gasteiger partial charge in [0.15, 0.2) is 11.6 Å². The summed E-state index contributed by atoms with van der Waals surface area (Å²) in [5, 5.41) is 0. The van der Waals surface area contributed by atoms with Crippen molar-refractivity contribution in [1.29, 1.82) is 0 Å². The molecule has 1 aliphatic heterocycles. The molecule has 0 spiro atoms. The maximum atomic E-state index is 13.4. The van der Waals surface area contributed by atoms with Gasteiger partial charge in [-0.05, 0) is 43.4 Å². The Hall–Kier alpha value is -2.37. The van der Waals surface area contributed by atoms with E-state index in [0.717, 1.165) is 50.2 Å². The van der Waals surface area contributed by atoms with E-state index < -0.39 is 11.6 Å². The van der Waals surface area contributed by atoms with E-state index in [0.29, 0.717) is 17.2 Å². The lowest BCUT2D eigenvalue weighted by molar-refractivity contribution is -0.130. The minimum Gasteiger partial charge on any atom is -0.343 e. The Morgan fingerprint density at radius 1 is 1.21 bits per heavy atom. The van der Waals surface area contributed by atoms with E-state index in [-0.39, 0.29) is 5.91 Å². The van der Waals surface area contributed by atoms with Crippen molar-refractivity contribution >= 4 is 5.91 Å². The number of hydrogen-bond donors (Lipinski definition) is 0. The molecule has 1 aliphatic rings. The van der Waals surface area contributed by atoms with Crippen LogP contribution in [0.4, 0.5) is 8.78 Å². The third kappa shape index (κ3) is 3.75. The molecule has 0 saturated carbocycles. The van der Waals surface area contributed by atoms with Crippen LogP contribution < -0.4 is 0 Å². The Balaban J connectivity index is 1.70. The van der Waals surface area contributed by atoms with E-state index >= 15 is 0 Å². The number of nitrogens with zero attached hydrogens (tertiary/aromatic N) is 3. The van der Waals surface area contributed by atoms with Gasteiger partial charge in [-0.25, -0.2) is 13.8 Å². The standard InChI is InChI=1S/C18H19F2N3O/c1-12(24)23-6-4-13(5-7-23)8-15-10-21-11-18(22-15)14-2-3-16(19)17(20)9-14/h2-3,9-11,13H,4-8H2,1H3. The highest BCUT2D eigenvalue weighted by Gasteiger charge is 2.21. The summed E-state index contributed by atoms with van der Waals surface area (Å²) < 4.78 is 26.4. The molecule has 1 aromatic heterocycles. The molecular formula is C18H19F2N3O. The van der Waals surface area contributed by atoms with Crippen LogP contribution in [0.15, 0.2) is 30.6 Å². The van der Waals surface area contributed by atoms with E-state index in [4.69, 9.17) is 0 Å². The average Bonchev–Trinajstić information content (AvgIpc) is 2.58. The molecule has 2 heterocycles. The SMILES string of the molecule is CC(=O)N1CCC(Cc2cncc(-c3ccc(F)c(F)c3)n2)CC1. The molecule has 24 heavy (non-hydrogen) atoms. The van der Waals surface area contributed by atoms with E-state index in [2.05, 4.69) is 9.97 Å². The van der Waals surface area contributed by atoms with Crippen molar-refractivity contribution in [2.45, 2.75) is 26.2 Å². The summed E-state index contributed by atoms with van der Waals surface area (Å²) in [6, 6.07) is 3.72. The summed E-state index contributed by atoms with van der Waals surface area (Å²) in [4.78, 5) is 21.9. The van der Waals surface area contributed by atoms with Crippen molar-refractivity contribution in [3.63, 3.8) is 0 Å². The number of rotatable bonds is 3. The van der Waals surface area contributed by atoms with Crippen molar-refractivity contribution < 1.29 is 13.6 Å². The molecule has 1 aromatic carbocycles. The Bertz CT molecular complexity index is 743. The number of amides is 1. The zero-order valence-electron chi connectivity index (χ0n) is 13.5. The lowest BCUT2D eigenvalue weighted by atomic mass is 9.92. The Kier molecular flexibility index (Phi) is 4.83. The Morgan fingerprint density at radius 2 is 1.96 bits per heavy atom. The fourth-order valence-corrected chi connectivity index (χ4v) is 3.05. The number of carbonyl (C=O) groups is 1. The summed E-state index contributed by atoms with van der Waals surface area (Å²) in [6.45, 7) is 3.14. The molecule has 1 fully saturated rings. The first kappa shape index (κ1) is 16.5. The van der Waals surface area contributed by atoms with Crippen molar-refractivity contribution in [3.8, 4) is 11.3 Å². The Labute approximate surface area is 139 Å². The summed E-state index contributed by atoms with van der Waals surface area (Å²) in [5.41, 5.74) is 1.88. The molecule has 1 amide bonds. The molecule has 3 rings (SSSR count). The van der Waals surface area contributed by atoms with Crippen LogP contribution in [-0.2, 0) is 11.2 Å². The molecule has 0 bridgehead atoms. The van der Waals surface area contributed by atoms with Gasteiger partial charge in [0, 0.05) is 31.8 Å². The molecule has 4 nitrogen and oxygen atoms in total. The fourth-order valence-electron chi connectivity index (χ4n) is 3.05. The van der Waals surface area contributed by atoms with E-state index in [9.17, 15) is 13.6 Å². The average molecular weight is 331 g/mol. The van der Waals surface area contributed by atoms with Crippen LogP contribution in [0.5, 0.6) is 0 Å². The van der Waals surface area contributed by atoms with E-state index in [1.54, 1.807) is 19.3 Å². The van der Waals surface area contributed by atoms with Crippen molar-refractivity contribution in [2.24, 2.45) is 5.92 Å². The number of piperidine rings is 1. The lowest BCUT2D eigenvalue weighted by Gasteiger charge is -2.31. The first-order valence-electron chi connectivity index (χ1n) is 8.05. The maximum absolute atomic E-state index is 13.4. The second-order valence-electron chi connectivity index (χ2n) is 6.18. The van der Waals surface area contributed by atoms with Crippen molar-refractivity contribution in [1.82, 2.24) is 14.9 Å². The van der Waals surface area contributed by atoms with Crippen molar-refractivity contribution in [3.05, 3.63) is 47.9 Å². The number of aromatic nitrogens is 2. The van der Waals surface area contributed by atoms with E-state index in [1.165, 1.54) is 6.07 Å². The van der Waals surface area contributed by atoms with Crippen LogP contribution in [0.3, 0.4) is 0 Å². The summed E-state index contributed by atoms with van der Waals surface area (Å²) in [5.74, 6) is -1.19. The van der Waals surface area contributed by atoms with Gasteiger partial charge in [0.2, 0.25) is 5.91 Å². The van der Waals surface area contributed by atoms with Crippen LogP contribution in [0.2, 0.25) is 0 Å². The molecule has 6 heteroatoms. The van der Waals surface area contributed by atoms with Gasteiger partial charge >= 0.3 is 0 Å². The molecule has 0 atom stereocenters. The van der Waals surface area contributed by atoms with Gasteiger partial charge in [0.05, 0.1) is 17.6 Å². The molecular weight excluding hydrogens is 312 g/mol. The topological polar surface area (TPSA) is 46.1 Å². The minimum absolute atomic E-state index is 0.119. The molecule has 0 N–H and O–H groups in total. The second kappa shape index (κ2) is 7.03. The largest absolute Gasteiger partial charge is 0.343 e. The third-order valence-electron chi connectivity index (χ3n) is 4.46. The fraction of sp³-hybridized carbons (Fsp3) is 0.389. The summed E-state index contributed by atoms with van der Waals surface area (Å²) in [7, 11) is 0. The smallest absolute Gasteiger partial charge is 0.219 e. The molecule has 126 valence electrons. The highest BCUT2D eigenvalue weighted by Crippen LogP contribution is 2.23. The normalized spacial score (nSPS) is 15.5. The zero-order valence-corrected chi connectivity index (χ0v) is 13.5. The number of hydrogen-bond acceptors (Lipinski definition) is 3. The predicted molar refractivity (Wildman–Crippen MR) is 86.1 cm³/mol. The van der Waals surface area contributed by atoms with Crippen LogP contribution in [0.1, 0.15) is 25.5 Å². The highest BCUT2D eigenvalue weighted by molar-refractivity contribution is 5.73. The van der Waals surface area contributed by atoms with Gasteiger partial charge in [-0.15, -0.1) is 0 Å². The third-order valence-corrected chi connectivity index (χ3v) is 4.46. The van der Waals surface area contributed by atoms with Gasteiger partial charge in [0.1, 0.15) is 0 Å². The predicted octanol–water partition coefficient (Wildman–Crippen LogP) is 3.22. The monoisotopic (exact) mass is 331 g/mol. The molecule has 0 aliphatic carbocycles. The van der Waals surface area contributed by atoms with E-state index in [1.807, 2.05) is 4.90 Å². The second-order valence-corrected chi connectivity index (χ2v) is 6.18. The number of benzene rings is 1. The highest BCUT2D eigenvalue weighted by atomic mass is 19.2. The molecule has 2 aromatic rings. The van der Waals surface area contributed by atoms with Gasteiger partial charge in [-0.1, -0.05) is 0 Å². The quantitative estimate of drug-likeness (QED) is 0.867. The first-order valence-corrected chi connectivity index (χ1v) is 8.05. The first-order chi connectivity index (χ1) is 11.5. The van der Waals surface area contributed by atoms with Crippen LogP contribution >= 0.6 is 0 Å². The van der Waals surface area contributed by atoms with Crippen LogP contribution in [0.25, 0.3) is 11.3 Å². The number of halogens is 2. The number of likely N-dealkylation sites (tertiary alicyclic amines) is 1. The van der Waals surface area contributed by atoms with Crippen molar-refractivity contribution in [2.75, 3.05) is 13.1 Å². The zero-order chi connectivity index (χ0) is 17.1. The van der Waals surface area contributed by atoms with Gasteiger partial charge in [-0.2, -0.15) is 0 Å².